The van der Waals surface area contributed by atoms with E-state index < -0.39 is 0 Å². The van der Waals surface area contributed by atoms with Crippen LogP contribution in [0.2, 0.25) is 0 Å². The van der Waals surface area contributed by atoms with Gasteiger partial charge >= 0.3 is 0 Å². The highest BCUT2D eigenvalue weighted by atomic mass is 19.1. The van der Waals surface area contributed by atoms with Crippen molar-refractivity contribution in [1.82, 2.24) is 14.9 Å². The highest BCUT2D eigenvalue weighted by Gasteiger charge is 2.22. The lowest BCUT2D eigenvalue weighted by Crippen LogP contribution is -2.31. The lowest BCUT2D eigenvalue weighted by atomic mass is 9.96. The molecule has 1 N–H and O–H groups in total. The average Bonchev–Trinajstić information content (AvgIpc) is 2.87. The fourth-order valence-electron chi connectivity index (χ4n) is 3.39. The van der Waals surface area contributed by atoms with Crippen LogP contribution in [0.5, 0.6) is 0 Å². The van der Waals surface area contributed by atoms with Crippen molar-refractivity contribution >= 4 is 27.8 Å². The summed E-state index contributed by atoms with van der Waals surface area (Å²) >= 11 is 0. The number of halogens is 1. The number of alkyl halides is 1. The highest BCUT2D eigenvalue weighted by molar-refractivity contribution is 6.12. The Hall–Kier alpha value is -2.43. The number of hydrogen-bond acceptors (Lipinski definition) is 2. The summed E-state index contributed by atoms with van der Waals surface area (Å²) in [6.45, 7) is 0.927. The molecule has 3 heterocycles. The molecule has 3 aromatic rings. The maximum Gasteiger partial charge on any atom is 0.251 e. The van der Waals surface area contributed by atoms with Gasteiger partial charge in [0.2, 0.25) is 0 Å². The number of pyridine rings is 1. The minimum Gasteiger partial charge on any atom is -0.352 e. The van der Waals surface area contributed by atoms with Crippen molar-refractivity contribution in [2.45, 2.75) is 19.4 Å². The van der Waals surface area contributed by atoms with Crippen LogP contribution in [0.3, 0.4) is 0 Å². The van der Waals surface area contributed by atoms with E-state index in [1.165, 1.54) is 0 Å². The first-order chi connectivity index (χ1) is 10.8. The average molecular weight is 297 g/mol. The molecule has 0 bridgehead atoms. The van der Waals surface area contributed by atoms with Crippen LogP contribution in [-0.4, -0.2) is 28.7 Å². The van der Waals surface area contributed by atoms with Crippen molar-refractivity contribution in [3.8, 4) is 0 Å². The SMILES string of the molecule is O=C1NCCc2c1ccc1c2c2ncccc2n1CCCF. The maximum absolute atomic E-state index is 12.6. The lowest BCUT2D eigenvalue weighted by Gasteiger charge is -2.17. The standard InChI is InChI=1S/C17H16FN3O/c18-7-2-10-21-13-5-4-12-11(6-9-20-17(12)22)15(13)16-14(21)3-1-8-19-16/h1,3-5,8H,2,6-7,9-10H2,(H,20,22). The molecule has 5 heteroatoms. The van der Waals surface area contributed by atoms with Gasteiger partial charge < -0.3 is 9.88 Å². The number of hydrogen-bond donors (Lipinski definition) is 1. The molecule has 1 aromatic carbocycles. The number of nitrogens with one attached hydrogen (secondary N) is 1. The van der Waals surface area contributed by atoms with E-state index in [0.29, 0.717) is 19.5 Å². The first kappa shape index (κ1) is 13.2. The Morgan fingerprint density at radius 1 is 1.27 bits per heavy atom. The second-order valence-corrected chi connectivity index (χ2v) is 5.56. The number of benzene rings is 1. The van der Waals surface area contributed by atoms with Gasteiger partial charge in [-0.05, 0) is 42.7 Å². The topological polar surface area (TPSA) is 46.9 Å². The normalized spacial score (nSPS) is 14.3. The fraction of sp³-hybridized carbons (Fsp3) is 0.294. The summed E-state index contributed by atoms with van der Waals surface area (Å²) in [6.07, 6.45) is 3.05. The van der Waals surface area contributed by atoms with E-state index in [0.717, 1.165) is 39.5 Å². The van der Waals surface area contributed by atoms with Crippen molar-refractivity contribution < 1.29 is 9.18 Å². The molecule has 112 valence electrons. The van der Waals surface area contributed by atoms with Crippen molar-refractivity contribution in [3.05, 3.63) is 41.6 Å². The molecule has 0 saturated heterocycles. The smallest absolute Gasteiger partial charge is 0.251 e. The monoisotopic (exact) mass is 297 g/mol. The van der Waals surface area contributed by atoms with E-state index in [4.69, 9.17) is 0 Å². The Balaban J connectivity index is 2.09. The van der Waals surface area contributed by atoms with E-state index in [1.54, 1.807) is 6.20 Å². The van der Waals surface area contributed by atoms with Crippen LogP contribution in [0.25, 0.3) is 21.9 Å². The number of nitrogens with zero attached hydrogens (tertiary/aromatic N) is 2. The van der Waals surface area contributed by atoms with E-state index in [-0.39, 0.29) is 12.6 Å². The molecule has 0 spiro atoms. The minimum absolute atomic E-state index is 0.0243. The zero-order valence-corrected chi connectivity index (χ0v) is 12.1. The number of amides is 1. The van der Waals surface area contributed by atoms with Crippen LogP contribution < -0.4 is 5.32 Å². The quantitative estimate of drug-likeness (QED) is 0.808. The summed E-state index contributed by atoms with van der Waals surface area (Å²) in [5.41, 5.74) is 4.74. The molecule has 0 aliphatic carbocycles. The number of rotatable bonds is 3. The zero-order chi connectivity index (χ0) is 15.1. The van der Waals surface area contributed by atoms with Gasteiger partial charge in [-0.2, -0.15) is 0 Å². The molecule has 1 amide bonds. The van der Waals surface area contributed by atoms with Gasteiger partial charge in [0.1, 0.15) is 0 Å². The molecule has 2 aromatic heterocycles. The van der Waals surface area contributed by atoms with E-state index in [9.17, 15) is 9.18 Å². The predicted octanol–water partition coefficient (Wildman–Crippen LogP) is 2.84. The molecule has 22 heavy (non-hydrogen) atoms. The van der Waals surface area contributed by atoms with Gasteiger partial charge in [-0.1, -0.05) is 0 Å². The van der Waals surface area contributed by atoms with Crippen LogP contribution in [-0.2, 0) is 13.0 Å². The Kier molecular flexibility index (Phi) is 3.06. The van der Waals surface area contributed by atoms with Crippen LogP contribution in [0.1, 0.15) is 22.3 Å². The molecule has 0 fully saturated rings. The van der Waals surface area contributed by atoms with Crippen LogP contribution in [0, 0.1) is 0 Å². The fourth-order valence-corrected chi connectivity index (χ4v) is 3.39. The highest BCUT2D eigenvalue weighted by Crippen LogP contribution is 2.33. The summed E-state index contributed by atoms with van der Waals surface area (Å²) in [6, 6.07) is 7.73. The third-order valence-electron chi connectivity index (χ3n) is 4.32. The maximum atomic E-state index is 12.6. The van der Waals surface area contributed by atoms with Crippen molar-refractivity contribution in [2.24, 2.45) is 0 Å². The second kappa shape index (κ2) is 5.09. The Morgan fingerprint density at radius 3 is 3.05 bits per heavy atom. The van der Waals surface area contributed by atoms with Crippen LogP contribution >= 0.6 is 0 Å². The molecule has 0 saturated carbocycles. The molecule has 0 atom stereocenters. The van der Waals surface area contributed by atoms with Crippen LogP contribution in [0.4, 0.5) is 4.39 Å². The Labute approximate surface area is 126 Å². The number of aryl methyl sites for hydroxylation is 1. The van der Waals surface area contributed by atoms with Gasteiger partial charge in [-0.25, -0.2) is 0 Å². The molecule has 1 aliphatic heterocycles. The Bertz CT molecular complexity index is 884. The van der Waals surface area contributed by atoms with Gasteiger partial charge in [-0.15, -0.1) is 0 Å². The number of fused-ring (bicyclic) bond motifs is 5. The second-order valence-electron chi connectivity index (χ2n) is 5.56. The van der Waals surface area contributed by atoms with Crippen molar-refractivity contribution in [3.63, 3.8) is 0 Å². The third-order valence-corrected chi connectivity index (χ3v) is 4.32. The van der Waals surface area contributed by atoms with Gasteiger partial charge in [0.25, 0.3) is 5.91 Å². The minimum atomic E-state index is -0.339. The first-order valence-electron chi connectivity index (χ1n) is 7.54. The summed E-state index contributed by atoms with van der Waals surface area (Å²) in [7, 11) is 0. The molecule has 1 aliphatic rings. The lowest BCUT2D eigenvalue weighted by molar-refractivity contribution is 0.0946. The van der Waals surface area contributed by atoms with E-state index in [2.05, 4.69) is 14.9 Å². The zero-order valence-electron chi connectivity index (χ0n) is 12.1. The first-order valence-corrected chi connectivity index (χ1v) is 7.54. The van der Waals surface area contributed by atoms with Gasteiger partial charge in [0, 0.05) is 30.2 Å². The predicted molar refractivity (Wildman–Crippen MR) is 83.9 cm³/mol. The summed E-state index contributed by atoms with van der Waals surface area (Å²) in [5, 5.41) is 3.92. The molecule has 4 nitrogen and oxygen atoms in total. The van der Waals surface area contributed by atoms with Gasteiger partial charge in [0.15, 0.2) is 0 Å². The van der Waals surface area contributed by atoms with Gasteiger partial charge in [-0.3, -0.25) is 14.2 Å². The third kappa shape index (κ3) is 1.81. The van der Waals surface area contributed by atoms with Crippen molar-refractivity contribution in [1.29, 1.82) is 0 Å². The van der Waals surface area contributed by atoms with E-state index in [1.807, 2.05) is 24.3 Å². The van der Waals surface area contributed by atoms with Crippen molar-refractivity contribution in [2.75, 3.05) is 13.2 Å². The van der Waals surface area contributed by atoms with E-state index >= 15 is 0 Å². The number of carbonyl (C=O) groups is 1. The summed E-state index contributed by atoms with van der Waals surface area (Å²) < 4.78 is 14.7. The summed E-state index contributed by atoms with van der Waals surface area (Å²) in [5.74, 6) is -0.0243. The molecular weight excluding hydrogens is 281 g/mol. The molecule has 4 rings (SSSR count). The largest absolute Gasteiger partial charge is 0.352 e. The molecule has 0 unspecified atom stereocenters. The molecule has 0 radical (unpaired) electrons. The molecular formula is C17H16FN3O. The van der Waals surface area contributed by atoms with Crippen LogP contribution in [0.15, 0.2) is 30.5 Å². The number of aromatic nitrogens is 2. The number of carbonyl (C=O) groups excluding carboxylic acids is 1. The summed E-state index contributed by atoms with van der Waals surface area (Å²) in [4.78, 5) is 16.6. The Morgan fingerprint density at radius 2 is 2.18 bits per heavy atom. The van der Waals surface area contributed by atoms with Gasteiger partial charge in [0.05, 0.1) is 23.2 Å².